The largest absolute Gasteiger partial charge is 0.451 e. The van der Waals surface area contributed by atoms with Gasteiger partial charge in [-0.05, 0) is 18.6 Å². The van der Waals surface area contributed by atoms with Crippen LogP contribution in [0.2, 0.25) is 0 Å². The molecular formula is C15H13N3O3S. The first kappa shape index (κ1) is 13.4. The Hall–Kier alpha value is -2.28. The summed E-state index contributed by atoms with van der Waals surface area (Å²) in [4.78, 5) is 13.6. The van der Waals surface area contributed by atoms with Crippen molar-refractivity contribution in [2.24, 2.45) is 0 Å². The van der Waals surface area contributed by atoms with Crippen molar-refractivity contribution in [2.75, 3.05) is 13.6 Å². The Kier molecular flexibility index (Phi) is 3.15. The van der Waals surface area contributed by atoms with Gasteiger partial charge in [-0.1, -0.05) is 30.0 Å². The number of carbonyl (C=O) groups excluding carboxylic acids is 1. The lowest BCUT2D eigenvalue weighted by molar-refractivity contribution is -0.126. The zero-order valence-corrected chi connectivity index (χ0v) is 12.7. The number of amides is 1. The molecule has 0 saturated carbocycles. The number of carbonyl (C=O) groups is 1. The van der Waals surface area contributed by atoms with E-state index in [0.717, 1.165) is 23.9 Å². The van der Waals surface area contributed by atoms with Gasteiger partial charge in [0, 0.05) is 19.0 Å². The van der Waals surface area contributed by atoms with E-state index in [1.54, 1.807) is 11.9 Å². The van der Waals surface area contributed by atoms with E-state index in [2.05, 4.69) is 10.2 Å². The van der Waals surface area contributed by atoms with Crippen molar-refractivity contribution >= 4 is 28.6 Å². The van der Waals surface area contributed by atoms with Crippen molar-refractivity contribution in [3.63, 3.8) is 0 Å². The third kappa shape index (κ3) is 2.27. The lowest BCUT2D eigenvalue weighted by Crippen LogP contribution is -2.23. The van der Waals surface area contributed by atoms with Crippen molar-refractivity contribution in [2.45, 2.75) is 16.9 Å². The summed E-state index contributed by atoms with van der Waals surface area (Å²) in [6, 6.07) is 9.57. The van der Waals surface area contributed by atoms with E-state index >= 15 is 0 Å². The minimum atomic E-state index is -0.144. The molecule has 1 fully saturated rings. The summed E-state index contributed by atoms with van der Waals surface area (Å²) in [5.74, 6) is 0.974. The number of rotatable bonds is 3. The molecule has 0 spiro atoms. The van der Waals surface area contributed by atoms with E-state index in [9.17, 15) is 4.79 Å². The molecule has 2 aromatic heterocycles. The third-order valence-electron chi connectivity index (χ3n) is 3.66. The summed E-state index contributed by atoms with van der Waals surface area (Å²) in [5, 5.41) is 9.24. The van der Waals surface area contributed by atoms with E-state index < -0.39 is 0 Å². The first-order chi connectivity index (χ1) is 10.7. The molecule has 4 rings (SSSR count). The molecule has 1 aliphatic rings. The molecule has 1 aliphatic heterocycles. The molecule has 0 aliphatic carbocycles. The van der Waals surface area contributed by atoms with Gasteiger partial charge in [-0.25, -0.2) is 0 Å². The first-order valence-corrected chi connectivity index (χ1v) is 7.83. The Morgan fingerprint density at radius 3 is 2.91 bits per heavy atom. The fraction of sp³-hybridized carbons (Fsp3) is 0.267. The zero-order valence-electron chi connectivity index (χ0n) is 11.9. The molecule has 22 heavy (non-hydrogen) atoms. The average Bonchev–Trinajstić information content (AvgIpc) is 3.22. The number of thioether (sulfide) groups is 1. The SMILES string of the molecule is CN1CC[C@H](Sc2nnc(-c3cc4ccccc4o3)o2)C1=O. The second kappa shape index (κ2) is 5.17. The van der Waals surface area contributed by atoms with Crippen LogP contribution in [0, 0.1) is 0 Å². The molecular weight excluding hydrogens is 302 g/mol. The standard InChI is InChI=1S/C15H13N3O3S/c1-18-7-6-12(14(18)19)22-15-17-16-13(21-15)11-8-9-4-2-3-5-10(9)20-11/h2-5,8,12H,6-7H2,1H3/t12-/m0/s1. The number of furan rings is 1. The minimum Gasteiger partial charge on any atom is -0.451 e. The Balaban J connectivity index is 1.57. The van der Waals surface area contributed by atoms with Crippen LogP contribution in [0.4, 0.5) is 0 Å². The Labute approximate surface area is 130 Å². The highest BCUT2D eigenvalue weighted by Crippen LogP contribution is 2.32. The molecule has 0 unspecified atom stereocenters. The summed E-state index contributed by atoms with van der Waals surface area (Å²) < 4.78 is 11.3. The van der Waals surface area contributed by atoms with Gasteiger partial charge in [-0.2, -0.15) is 0 Å². The van der Waals surface area contributed by atoms with Gasteiger partial charge < -0.3 is 13.7 Å². The van der Waals surface area contributed by atoms with E-state index in [0.29, 0.717) is 16.9 Å². The number of hydrogen-bond acceptors (Lipinski definition) is 6. The molecule has 3 aromatic rings. The maximum atomic E-state index is 11.9. The molecule has 7 heteroatoms. The predicted molar refractivity (Wildman–Crippen MR) is 81.4 cm³/mol. The first-order valence-electron chi connectivity index (χ1n) is 6.95. The van der Waals surface area contributed by atoms with Gasteiger partial charge in [0.15, 0.2) is 5.76 Å². The van der Waals surface area contributed by atoms with Crippen LogP contribution in [0.15, 0.2) is 44.4 Å². The van der Waals surface area contributed by atoms with Gasteiger partial charge in [-0.15, -0.1) is 10.2 Å². The Morgan fingerprint density at radius 1 is 1.27 bits per heavy atom. The quantitative estimate of drug-likeness (QED) is 0.740. The lowest BCUT2D eigenvalue weighted by Gasteiger charge is -2.07. The highest BCUT2D eigenvalue weighted by molar-refractivity contribution is 8.00. The van der Waals surface area contributed by atoms with E-state index in [1.807, 2.05) is 30.3 Å². The van der Waals surface area contributed by atoms with Gasteiger partial charge >= 0.3 is 0 Å². The van der Waals surface area contributed by atoms with Crippen molar-refractivity contribution in [3.05, 3.63) is 30.3 Å². The van der Waals surface area contributed by atoms with Crippen LogP contribution < -0.4 is 0 Å². The lowest BCUT2D eigenvalue weighted by atomic mass is 10.2. The average molecular weight is 315 g/mol. The Bertz CT molecular complexity index is 808. The Morgan fingerprint density at radius 2 is 2.14 bits per heavy atom. The molecule has 1 aromatic carbocycles. The second-order valence-corrected chi connectivity index (χ2v) is 6.33. The van der Waals surface area contributed by atoms with E-state index in [-0.39, 0.29) is 11.2 Å². The number of likely N-dealkylation sites (tertiary alicyclic amines) is 1. The van der Waals surface area contributed by atoms with E-state index in [4.69, 9.17) is 8.83 Å². The molecule has 0 radical (unpaired) electrons. The van der Waals surface area contributed by atoms with Gasteiger partial charge in [0.2, 0.25) is 5.91 Å². The number of nitrogens with zero attached hydrogens (tertiary/aromatic N) is 3. The zero-order chi connectivity index (χ0) is 15.1. The normalized spacial score (nSPS) is 18.5. The monoisotopic (exact) mass is 315 g/mol. The number of hydrogen-bond donors (Lipinski definition) is 0. The summed E-state index contributed by atoms with van der Waals surface area (Å²) in [5.41, 5.74) is 0.775. The van der Waals surface area contributed by atoms with Crippen LogP contribution in [0.5, 0.6) is 0 Å². The van der Waals surface area contributed by atoms with Gasteiger partial charge in [-0.3, -0.25) is 4.79 Å². The minimum absolute atomic E-state index is 0.105. The highest BCUT2D eigenvalue weighted by Gasteiger charge is 2.31. The van der Waals surface area contributed by atoms with E-state index in [1.165, 1.54) is 11.8 Å². The molecule has 3 heterocycles. The van der Waals surface area contributed by atoms with Crippen molar-refractivity contribution in [1.82, 2.24) is 15.1 Å². The summed E-state index contributed by atoms with van der Waals surface area (Å²) in [6.07, 6.45) is 0.794. The topological polar surface area (TPSA) is 72.4 Å². The van der Waals surface area contributed by atoms with Gasteiger partial charge in [0.25, 0.3) is 11.1 Å². The summed E-state index contributed by atoms with van der Waals surface area (Å²) in [7, 11) is 1.80. The predicted octanol–water partition coefficient (Wildman–Crippen LogP) is 2.81. The molecule has 0 N–H and O–H groups in total. The molecule has 112 valence electrons. The maximum Gasteiger partial charge on any atom is 0.284 e. The van der Waals surface area contributed by atoms with Gasteiger partial charge in [0.05, 0.1) is 5.25 Å². The number of benzene rings is 1. The second-order valence-electron chi connectivity index (χ2n) is 5.18. The van der Waals surface area contributed by atoms with Crippen molar-refractivity contribution < 1.29 is 13.6 Å². The number of fused-ring (bicyclic) bond motifs is 1. The molecule has 1 atom stereocenters. The van der Waals surface area contributed by atoms with Crippen molar-refractivity contribution in [1.29, 1.82) is 0 Å². The van der Waals surface area contributed by atoms with Crippen LogP contribution in [0.1, 0.15) is 6.42 Å². The fourth-order valence-electron chi connectivity index (χ4n) is 2.47. The van der Waals surface area contributed by atoms with Gasteiger partial charge in [0.1, 0.15) is 5.58 Å². The fourth-order valence-corrected chi connectivity index (χ4v) is 3.43. The smallest absolute Gasteiger partial charge is 0.284 e. The van der Waals surface area contributed by atoms with Crippen LogP contribution in [0.3, 0.4) is 0 Å². The van der Waals surface area contributed by atoms with Crippen LogP contribution >= 0.6 is 11.8 Å². The van der Waals surface area contributed by atoms with Crippen LogP contribution in [0.25, 0.3) is 22.6 Å². The summed E-state index contributed by atoms with van der Waals surface area (Å²) in [6.45, 7) is 0.765. The number of aromatic nitrogens is 2. The number of para-hydroxylation sites is 1. The highest BCUT2D eigenvalue weighted by atomic mass is 32.2. The third-order valence-corrected chi connectivity index (χ3v) is 4.75. The molecule has 1 amide bonds. The van der Waals surface area contributed by atoms with Crippen LogP contribution in [-0.4, -0.2) is 39.8 Å². The maximum absolute atomic E-state index is 11.9. The van der Waals surface area contributed by atoms with Crippen LogP contribution in [-0.2, 0) is 4.79 Å². The molecule has 0 bridgehead atoms. The van der Waals surface area contributed by atoms with Crippen molar-refractivity contribution in [3.8, 4) is 11.7 Å². The molecule has 6 nitrogen and oxygen atoms in total. The summed E-state index contributed by atoms with van der Waals surface area (Å²) >= 11 is 1.31. The molecule has 1 saturated heterocycles.